The molecule has 3 rings (SSSR count). The third-order valence-corrected chi connectivity index (χ3v) is 4.42. The Morgan fingerprint density at radius 1 is 0.880 bits per heavy atom. The van der Waals surface area contributed by atoms with Crippen molar-refractivity contribution >= 4 is 33.2 Å². The summed E-state index contributed by atoms with van der Waals surface area (Å²) in [7, 11) is 0. The summed E-state index contributed by atoms with van der Waals surface area (Å²) in [4.78, 5) is 12.6. The van der Waals surface area contributed by atoms with Crippen LogP contribution in [0.1, 0.15) is 6.92 Å². The van der Waals surface area contributed by atoms with Crippen molar-refractivity contribution in [3.05, 3.63) is 83.3 Å². The SMILES string of the molecule is C[C@@H](Nc1ccc(Br)cc1)C(=O)Nc1ccccc1-c1ccccc1. The van der Waals surface area contributed by atoms with Gasteiger partial charge in [0.1, 0.15) is 6.04 Å². The number of rotatable bonds is 5. The van der Waals surface area contributed by atoms with Crippen LogP contribution in [-0.4, -0.2) is 11.9 Å². The van der Waals surface area contributed by atoms with E-state index in [2.05, 4.69) is 26.6 Å². The van der Waals surface area contributed by atoms with E-state index in [0.29, 0.717) is 0 Å². The number of carbonyl (C=O) groups excluding carboxylic acids is 1. The molecule has 0 bridgehead atoms. The number of para-hydroxylation sites is 1. The van der Waals surface area contributed by atoms with Crippen LogP contribution >= 0.6 is 15.9 Å². The molecular formula is C21H19BrN2O. The van der Waals surface area contributed by atoms with E-state index in [1.54, 1.807) is 0 Å². The zero-order chi connectivity index (χ0) is 17.6. The van der Waals surface area contributed by atoms with Crippen molar-refractivity contribution in [2.24, 2.45) is 0 Å². The smallest absolute Gasteiger partial charge is 0.246 e. The Morgan fingerprint density at radius 2 is 1.52 bits per heavy atom. The van der Waals surface area contributed by atoms with Gasteiger partial charge in [0.25, 0.3) is 0 Å². The van der Waals surface area contributed by atoms with Crippen LogP contribution in [0.2, 0.25) is 0 Å². The molecule has 0 aliphatic heterocycles. The quantitative estimate of drug-likeness (QED) is 0.594. The summed E-state index contributed by atoms with van der Waals surface area (Å²) >= 11 is 3.41. The van der Waals surface area contributed by atoms with Gasteiger partial charge < -0.3 is 10.6 Å². The summed E-state index contributed by atoms with van der Waals surface area (Å²) in [6, 6.07) is 25.3. The van der Waals surface area contributed by atoms with Gasteiger partial charge in [-0.2, -0.15) is 0 Å². The molecule has 0 aliphatic rings. The number of hydrogen-bond donors (Lipinski definition) is 2. The first-order chi connectivity index (χ1) is 12.1. The highest BCUT2D eigenvalue weighted by Crippen LogP contribution is 2.27. The van der Waals surface area contributed by atoms with Gasteiger partial charge in [-0.3, -0.25) is 4.79 Å². The Morgan fingerprint density at radius 3 is 2.24 bits per heavy atom. The van der Waals surface area contributed by atoms with E-state index in [9.17, 15) is 4.79 Å². The number of halogens is 1. The lowest BCUT2D eigenvalue weighted by Crippen LogP contribution is -2.32. The van der Waals surface area contributed by atoms with E-state index in [0.717, 1.165) is 27.0 Å². The molecule has 1 amide bonds. The Kier molecular flexibility index (Phi) is 5.51. The molecule has 0 saturated carbocycles. The molecular weight excluding hydrogens is 376 g/mol. The van der Waals surface area contributed by atoms with E-state index >= 15 is 0 Å². The summed E-state index contributed by atoms with van der Waals surface area (Å²) in [6.45, 7) is 1.85. The van der Waals surface area contributed by atoms with Crippen molar-refractivity contribution in [3.8, 4) is 11.1 Å². The number of benzene rings is 3. The second-order valence-corrected chi connectivity index (χ2v) is 6.69. The molecule has 0 aromatic heterocycles. The lowest BCUT2D eigenvalue weighted by Gasteiger charge is -2.17. The maximum absolute atomic E-state index is 12.6. The summed E-state index contributed by atoms with van der Waals surface area (Å²) < 4.78 is 1.01. The average molecular weight is 395 g/mol. The highest BCUT2D eigenvalue weighted by atomic mass is 79.9. The van der Waals surface area contributed by atoms with E-state index in [1.807, 2.05) is 85.8 Å². The topological polar surface area (TPSA) is 41.1 Å². The lowest BCUT2D eigenvalue weighted by atomic mass is 10.0. The molecule has 3 nitrogen and oxygen atoms in total. The molecule has 0 heterocycles. The standard InChI is InChI=1S/C21H19BrN2O/c1-15(23-18-13-11-17(22)12-14-18)21(25)24-20-10-6-5-9-19(20)16-7-3-2-4-8-16/h2-15,23H,1H3,(H,24,25)/t15-/m1/s1. The number of nitrogens with one attached hydrogen (secondary N) is 2. The minimum absolute atomic E-state index is 0.0775. The first-order valence-electron chi connectivity index (χ1n) is 8.11. The third-order valence-electron chi connectivity index (χ3n) is 3.89. The first-order valence-corrected chi connectivity index (χ1v) is 8.90. The third kappa shape index (κ3) is 4.48. The fourth-order valence-electron chi connectivity index (χ4n) is 2.56. The molecule has 1 atom stereocenters. The number of carbonyl (C=O) groups is 1. The van der Waals surface area contributed by atoms with Gasteiger partial charge in [-0.15, -0.1) is 0 Å². The van der Waals surface area contributed by atoms with Crippen molar-refractivity contribution in [2.75, 3.05) is 10.6 Å². The Bertz CT molecular complexity index is 847. The zero-order valence-electron chi connectivity index (χ0n) is 13.9. The van der Waals surface area contributed by atoms with Crippen LogP contribution < -0.4 is 10.6 Å². The lowest BCUT2D eigenvalue weighted by molar-refractivity contribution is -0.116. The van der Waals surface area contributed by atoms with E-state index < -0.39 is 0 Å². The minimum atomic E-state index is -0.356. The second-order valence-electron chi connectivity index (χ2n) is 5.77. The minimum Gasteiger partial charge on any atom is -0.374 e. The van der Waals surface area contributed by atoms with Crippen LogP contribution in [0.4, 0.5) is 11.4 Å². The highest BCUT2D eigenvalue weighted by Gasteiger charge is 2.14. The Hall–Kier alpha value is -2.59. The summed E-state index contributed by atoms with van der Waals surface area (Å²) in [5.74, 6) is -0.0775. The summed E-state index contributed by atoms with van der Waals surface area (Å²) in [5, 5.41) is 6.25. The van der Waals surface area contributed by atoms with Gasteiger partial charge in [-0.1, -0.05) is 64.5 Å². The van der Waals surface area contributed by atoms with Crippen LogP contribution in [0.3, 0.4) is 0 Å². The predicted octanol–water partition coefficient (Wildman–Crippen LogP) is 5.56. The van der Waals surface area contributed by atoms with Crippen LogP contribution in [0, 0.1) is 0 Å². The summed E-state index contributed by atoms with van der Waals surface area (Å²) in [5.41, 5.74) is 3.80. The highest BCUT2D eigenvalue weighted by molar-refractivity contribution is 9.10. The molecule has 3 aromatic rings. The van der Waals surface area contributed by atoms with E-state index in [4.69, 9.17) is 0 Å². The molecule has 0 spiro atoms. The van der Waals surface area contributed by atoms with Gasteiger partial charge in [0.15, 0.2) is 0 Å². The molecule has 0 radical (unpaired) electrons. The van der Waals surface area contributed by atoms with E-state index in [-0.39, 0.29) is 11.9 Å². The predicted molar refractivity (Wildman–Crippen MR) is 108 cm³/mol. The zero-order valence-corrected chi connectivity index (χ0v) is 15.5. The number of hydrogen-bond acceptors (Lipinski definition) is 2. The van der Waals surface area contributed by atoms with E-state index in [1.165, 1.54) is 0 Å². The molecule has 0 unspecified atom stereocenters. The van der Waals surface area contributed by atoms with Crippen LogP contribution in [-0.2, 0) is 4.79 Å². The number of amides is 1. The molecule has 0 fully saturated rings. The monoisotopic (exact) mass is 394 g/mol. The molecule has 126 valence electrons. The molecule has 3 aromatic carbocycles. The van der Waals surface area contributed by atoms with Crippen LogP contribution in [0.25, 0.3) is 11.1 Å². The second kappa shape index (κ2) is 7.99. The maximum atomic E-state index is 12.6. The van der Waals surface area contributed by atoms with Crippen LogP contribution in [0.15, 0.2) is 83.3 Å². The largest absolute Gasteiger partial charge is 0.374 e. The summed E-state index contributed by atoms with van der Waals surface area (Å²) in [6.07, 6.45) is 0. The van der Waals surface area contributed by atoms with Crippen molar-refractivity contribution in [2.45, 2.75) is 13.0 Å². The molecule has 0 aliphatic carbocycles. The normalized spacial score (nSPS) is 11.6. The Labute approximate surface area is 156 Å². The first kappa shape index (κ1) is 17.2. The van der Waals surface area contributed by atoms with Crippen molar-refractivity contribution in [1.82, 2.24) is 0 Å². The van der Waals surface area contributed by atoms with Gasteiger partial charge in [0.05, 0.1) is 0 Å². The van der Waals surface area contributed by atoms with Gasteiger partial charge >= 0.3 is 0 Å². The average Bonchev–Trinajstić information content (AvgIpc) is 2.64. The molecule has 0 saturated heterocycles. The fraction of sp³-hybridized carbons (Fsp3) is 0.0952. The van der Waals surface area contributed by atoms with Gasteiger partial charge in [-0.05, 0) is 42.8 Å². The maximum Gasteiger partial charge on any atom is 0.246 e. The van der Waals surface area contributed by atoms with Crippen molar-refractivity contribution < 1.29 is 4.79 Å². The van der Waals surface area contributed by atoms with Crippen molar-refractivity contribution in [1.29, 1.82) is 0 Å². The van der Waals surface area contributed by atoms with Gasteiger partial charge in [0.2, 0.25) is 5.91 Å². The Balaban J connectivity index is 1.74. The molecule has 2 N–H and O–H groups in total. The molecule has 25 heavy (non-hydrogen) atoms. The van der Waals surface area contributed by atoms with Crippen molar-refractivity contribution in [3.63, 3.8) is 0 Å². The van der Waals surface area contributed by atoms with Gasteiger partial charge in [0, 0.05) is 21.4 Å². The molecule has 4 heteroatoms. The fourth-order valence-corrected chi connectivity index (χ4v) is 2.83. The van der Waals surface area contributed by atoms with Crippen LogP contribution in [0.5, 0.6) is 0 Å². The van der Waals surface area contributed by atoms with Gasteiger partial charge in [-0.25, -0.2) is 0 Å². The number of anilines is 2.